The molecule has 0 atom stereocenters. The molecule has 0 aliphatic heterocycles. The Morgan fingerprint density at radius 2 is 1.83 bits per heavy atom. The zero-order valence-corrected chi connectivity index (χ0v) is 16.7. The summed E-state index contributed by atoms with van der Waals surface area (Å²) < 4.78 is 26.3. The minimum atomic E-state index is -3.73. The van der Waals surface area contributed by atoms with Crippen LogP contribution in [-0.4, -0.2) is 37.6 Å². The molecule has 1 aromatic heterocycles. The molecule has 0 aliphatic rings. The van der Waals surface area contributed by atoms with Crippen LogP contribution in [0.2, 0.25) is 5.02 Å². The highest BCUT2D eigenvalue weighted by atomic mass is 35.5. The summed E-state index contributed by atoms with van der Waals surface area (Å²) in [5.41, 5.74) is 2.18. The highest BCUT2D eigenvalue weighted by Gasteiger charge is 2.15. The zero-order valence-electron chi connectivity index (χ0n) is 15.2. The van der Waals surface area contributed by atoms with Gasteiger partial charge in [0.15, 0.2) is 0 Å². The zero-order chi connectivity index (χ0) is 20.9. The molecule has 3 aromatic rings. The summed E-state index contributed by atoms with van der Waals surface area (Å²) in [5, 5.41) is 12.0. The molecule has 3 rings (SSSR count). The van der Waals surface area contributed by atoms with Gasteiger partial charge in [0.25, 0.3) is 5.91 Å². The van der Waals surface area contributed by atoms with Crippen LogP contribution in [0.1, 0.15) is 10.4 Å². The summed E-state index contributed by atoms with van der Waals surface area (Å²) in [5.74, 6) is -0.397. The number of aliphatic hydroxyl groups is 1. The normalized spacial score (nSPS) is 11.2. The van der Waals surface area contributed by atoms with Gasteiger partial charge in [-0.1, -0.05) is 17.7 Å². The van der Waals surface area contributed by atoms with Crippen LogP contribution in [0.3, 0.4) is 0 Å². The number of nitrogens with zero attached hydrogens (tertiary/aromatic N) is 1. The van der Waals surface area contributed by atoms with Gasteiger partial charge in [0.05, 0.1) is 22.2 Å². The number of pyridine rings is 1. The first-order valence-electron chi connectivity index (χ1n) is 8.63. The molecule has 0 saturated carbocycles. The second-order valence-electron chi connectivity index (χ2n) is 6.01. The molecule has 29 heavy (non-hydrogen) atoms. The third kappa shape index (κ3) is 5.18. The molecular weight excluding hydrogens is 414 g/mol. The second kappa shape index (κ2) is 9.15. The van der Waals surface area contributed by atoms with E-state index in [9.17, 15) is 13.2 Å². The molecule has 0 unspecified atom stereocenters. The Morgan fingerprint density at radius 1 is 1.07 bits per heavy atom. The Labute approximate surface area is 173 Å². The molecule has 0 saturated heterocycles. The van der Waals surface area contributed by atoms with Crippen molar-refractivity contribution >= 4 is 33.2 Å². The Hall–Kier alpha value is -2.78. The van der Waals surface area contributed by atoms with Crippen LogP contribution in [0.4, 0.5) is 5.69 Å². The fourth-order valence-electron chi connectivity index (χ4n) is 2.57. The maximum atomic E-state index is 12.5. The lowest BCUT2D eigenvalue weighted by molar-refractivity contribution is 0.102. The number of halogens is 1. The summed E-state index contributed by atoms with van der Waals surface area (Å²) in [4.78, 5) is 16.8. The van der Waals surface area contributed by atoms with E-state index in [0.717, 1.165) is 0 Å². The number of benzene rings is 2. The topological polar surface area (TPSA) is 108 Å². The number of sulfonamides is 1. The molecule has 2 aromatic carbocycles. The first-order chi connectivity index (χ1) is 13.9. The number of nitrogens with one attached hydrogen (secondary N) is 2. The van der Waals surface area contributed by atoms with E-state index >= 15 is 0 Å². The van der Waals surface area contributed by atoms with Crippen LogP contribution in [0.15, 0.2) is 71.8 Å². The molecule has 0 aliphatic carbocycles. The van der Waals surface area contributed by atoms with E-state index in [1.807, 2.05) is 12.1 Å². The maximum Gasteiger partial charge on any atom is 0.255 e. The summed E-state index contributed by atoms with van der Waals surface area (Å²) in [7, 11) is -3.73. The van der Waals surface area contributed by atoms with Crippen molar-refractivity contribution in [2.45, 2.75) is 4.90 Å². The highest BCUT2D eigenvalue weighted by molar-refractivity contribution is 7.89. The summed E-state index contributed by atoms with van der Waals surface area (Å²) in [6, 6.07) is 16.0. The number of carbonyl (C=O) groups is 1. The molecule has 0 radical (unpaired) electrons. The molecule has 1 amide bonds. The van der Waals surface area contributed by atoms with Crippen molar-refractivity contribution in [3.63, 3.8) is 0 Å². The first kappa shape index (κ1) is 20.9. The second-order valence-corrected chi connectivity index (χ2v) is 8.18. The number of carbonyl (C=O) groups excluding carboxylic acids is 1. The Balaban J connectivity index is 1.77. The van der Waals surface area contributed by atoms with E-state index in [4.69, 9.17) is 16.7 Å². The molecule has 0 fully saturated rings. The van der Waals surface area contributed by atoms with E-state index in [-0.39, 0.29) is 18.0 Å². The fourth-order valence-corrected chi connectivity index (χ4v) is 3.81. The number of rotatable bonds is 7. The average molecular weight is 432 g/mol. The van der Waals surface area contributed by atoms with Crippen LogP contribution in [0.5, 0.6) is 0 Å². The SMILES string of the molecule is O=C(Nc1ccc(Cl)c(-c2ccccn2)c1)c1ccc(S(=O)(=O)NCCO)cc1. The van der Waals surface area contributed by atoms with Crippen molar-refractivity contribution in [2.75, 3.05) is 18.5 Å². The summed E-state index contributed by atoms with van der Waals surface area (Å²) in [6.45, 7) is -0.388. The van der Waals surface area contributed by atoms with Gasteiger partial charge in [-0.3, -0.25) is 9.78 Å². The van der Waals surface area contributed by atoms with Crippen molar-refractivity contribution in [1.29, 1.82) is 0 Å². The first-order valence-corrected chi connectivity index (χ1v) is 10.5. The van der Waals surface area contributed by atoms with Crippen LogP contribution in [0, 0.1) is 0 Å². The van der Waals surface area contributed by atoms with E-state index in [2.05, 4.69) is 15.0 Å². The third-order valence-corrected chi connectivity index (χ3v) is 5.80. The number of anilines is 1. The molecule has 0 bridgehead atoms. The van der Waals surface area contributed by atoms with Gasteiger partial charge in [-0.15, -0.1) is 0 Å². The fraction of sp³-hybridized carbons (Fsp3) is 0.100. The minimum absolute atomic E-state index is 0.00595. The van der Waals surface area contributed by atoms with Gasteiger partial charge in [0, 0.05) is 29.6 Å². The number of hydrogen-bond donors (Lipinski definition) is 3. The van der Waals surface area contributed by atoms with Gasteiger partial charge in [-0.05, 0) is 54.6 Å². The van der Waals surface area contributed by atoms with Gasteiger partial charge < -0.3 is 10.4 Å². The van der Waals surface area contributed by atoms with Gasteiger partial charge in [-0.25, -0.2) is 13.1 Å². The molecule has 0 spiro atoms. The van der Waals surface area contributed by atoms with Crippen LogP contribution in [0.25, 0.3) is 11.3 Å². The quantitative estimate of drug-likeness (QED) is 0.533. The Bertz CT molecular complexity index is 1100. The van der Waals surface area contributed by atoms with Crippen molar-refractivity contribution in [2.24, 2.45) is 0 Å². The van der Waals surface area contributed by atoms with Gasteiger partial charge in [0.1, 0.15) is 0 Å². The average Bonchev–Trinajstić information content (AvgIpc) is 2.74. The molecular formula is C20H18ClN3O4S. The minimum Gasteiger partial charge on any atom is -0.395 e. The van der Waals surface area contributed by atoms with Crippen molar-refractivity contribution in [3.05, 3.63) is 77.4 Å². The highest BCUT2D eigenvalue weighted by Crippen LogP contribution is 2.29. The monoisotopic (exact) mass is 431 g/mol. The lowest BCUT2D eigenvalue weighted by Gasteiger charge is -2.10. The Kier molecular flexibility index (Phi) is 6.60. The van der Waals surface area contributed by atoms with E-state index in [1.165, 1.54) is 24.3 Å². The molecule has 9 heteroatoms. The number of amides is 1. The third-order valence-electron chi connectivity index (χ3n) is 4.00. The number of hydrogen-bond acceptors (Lipinski definition) is 5. The van der Waals surface area contributed by atoms with Crippen molar-refractivity contribution < 1.29 is 18.3 Å². The van der Waals surface area contributed by atoms with E-state index in [1.54, 1.807) is 30.5 Å². The molecule has 1 heterocycles. The Morgan fingerprint density at radius 3 is 2.48 bits per heavy atom. The van der Waals surface area contributed by atoms with Gasteiger partial charge >= 0.3 is 0 Å². The van der Waals surface area contributed by atoms with Crippen LogP contribution in [-0.2, 0) is 10.0 Å². The standard InChI is InChI=1S/C20H18ClN3O4S/c21-18-9-6-15(13-17(18)19-3-1-2-10-22-19)24-20(26)14-4-7-16(8-5-14)29(27,28)23-11-12-25/h1-10,13,23,25H,11-12H2,(H,24,26). The summed E-state index contributed by atoms with van der Waals surface area (Å²) in [6.07, 6.45) is 1.65. The predicted octanol–water partition coefficient (Wildman–Crippen LogP) is 2.92. The van der Waals surface area contributed by atoms with Gasteiger partial charge in [-0.2, -0.15) is 0 Å². The smallest absolute Gasteiger partial charge is 0.255 e. The van der Waals surface area contributed by atoms with E-state index in [0.29, 0.717) is 27.5 Å². The van der Waals surface area contributed by atoms with E-state index < -0.39 is 15.9 Å². The molecule has 150 valence electrons. The van der Waals surface area contributed by atoms with Crippen molar-refractivity contribution in [3.8, 4) is 11.3 Å². The maximum absolute atomic E-state index is 12.5. The summed E-state index contributed by atoms with van der Waals surface area (Å²) >= 11 is 6.25. The largest absolute Gasteiger partial charge is 0.395 e. The number of aromatic nitrogens is 1. The van der Waals surface area contributed by atoms with Crippen molar-refractivity contribution in [1.82, 2.24) is 9.71 Å². The van der Waals surface area contributed by atoms with Crippen LogP contribution >= 0.6 is 11.6 Å². The molecule has 7 nitrogen and oxygen atoms in total. The predicted molar refractivity (Wildman–Crippen MR) is 111 cm³/mol. The lowest BCUT2D eigenvalue weighted by Crippen LogP contribution is -2.26. The van der Waals surface area contributed by atoms with Gasteiger partial charge in [0.2, 0.25) is 10.0 Å². The lowest BCUT2D eigenvalue weighted by atomic mass is 10.1. The van der Waals surface area contributed by atoms with Crippen LogP contribution < -0.4 is 10.0 Å². The number of aliphatic hydroxyl groups excluding tert-OH is 1. The molecule has 3 N–H and O–H groups in total.